The van der Waals surface area contributed by atoms with E-state index < -0.39 is 0 Å². The maximum absolute atomic E-state index is 8.86. The van der Waals surface area contributed by atoms with Crippen molar-refractivity contribution in [2.24, 2.45) is 0 Å². The van der Waals surface area contributed by atoms with Gasteiger partial charge in [-0.05, 0) is 26.7 Å². The molecule has 0 bridgehead atoms. The minimum atomic E-state index is -0.287. The van der Waals surface area contributed by atoms with E-state index in [1.165, 1.54) is 0 Å². The molecule has 0 aromatic heterocycles. The Morgan fingerprint density at radius 2 is 1.30 bits per heavy atom. The molecule has 0 unspecified atom stereocenters. The lowest BCUT2D eigenvalue weighted by molar-refractivity contribution is -0.0627. The summed E-state index contributed by atoms with van der Waals surface area (Å²) in [4.78, 5) is 0. The van der Waals surface area contributed by atoms with Gasteiger partial charge in [-0.15, -0.1) is 0 Å². The smallest absolute Gasteiger partial charge is 0.0707 e. The Bertz CT molecular complexity index is 197. The zero-order chi connectivity index (χ0) is 15.1. The molecule has 0 atom stereocenters. The van der Waals surface area contributed by atoms with Gasteiger partial charge >= 0.3 is 0 Å². The first kappa shape index (κ1) is 19.8. The van der Waals surface area contributed by atoms with E-state index in [4.69, 9.17) is 24.1 Å². The number of rotatable bonds is 15. The SMILES string of the molecule is CCCCOCCOCCOCCOC(C)(C)CCO. The van der Waals surface area contributed by atoms with Crippen molar-refractivity contribution in [3.63, 3.8) is 0 Å². The van der Waals surface area contributed by atoms with E-state index in [9.17, 15) is 0 Å². The molecule has 5 nitrogen and oxygen atoms in total. The van der Waals surface area contributed by atoms with Crippen LogP contribution < -0.4 is 0 Å². The second-order valence-electron chi connectivity index (χ2n) is 5.27. The summed E-state index contributed by atoms with van der Waals surface area (Å²) in [6, 6.07) is 0. The largest absolute Gasteiger partial charge is 0.396 e. The molecule has 0 saturated heterocycles. The lowest BCUT2D eigenvalue weighted by Crippen LogP contribution is -2.27. The first-order valence-electron chi connectivity index (χ1n) is 7.60. The molecule has 0 radical (unpaired) electrons. The minimum absolute atomic E-state index is 0.141. The molecule has 0 fully saturated rings. The predicted octanol–water partition coefficient (Wildman–Crippen LogP) is 2.01. The molecule has 0 aliphatic carbocycles. The highest BCUT2D eigenvalue weighted by atomic mass is 16.6. The van der Waals surface area contributed by atoms with Crippen LogP contribution in [0.4, 0.5) is 0 Å². The van der Waals surface area contributed by atoms with Crippen LogP contribution in [0.2, 0.25) is 0 Å². The highest BCUT2D eigenvalue weighted by Crippen LogP contribution is 2.12. The molecular formula is C15H32O5. The summed E-state index contributed by atoms with van der Waals surface area (Å²) in [5.74, 6) is 0. The Balaban J connectivity index is 3.13. The Kier molecular flexibility index (Phi) is 13.6. The zero-order valence-corrected chi connectivity index (χ0v) is 13.4. The minimum Gasteiger partial charge on any atom is -0.396 e. The van der Waals surface area contributed by atoms with E-state index in [-0.39, 0.29) is 12.2 Å². The second-order valence-corrected chi connectivity index (χ2v) is 5.27. The summed E-state index contributed by atoms with van der Waals surface area (Å²) < 4.78 is 21.8. The molecule has 0 rings (SSSR count). The highest BCUT2D eigenvalue weighted by molar-refractivity contribution is 4.67. The lowest BCUT2D eigenvalue weighted by Gasteiger charge is -2.24. The first-order valence-corrected chi connectivity index (χ1v) is 7.60. The maximum atomic E-state index is 8.86. The van der Waals surface area contributed by atoms with Crippen molar-refractivity contribution in [2.75, 3.05) is 52.9 Å². The number of ether oxygens (including phenoxy) is 4. The molecule has 0 aromatic carbocycles. The number of unbranched alkanes of at least 4 members (excludes halogenated alkanes) is 1. The van der Waals surface area contributed by atoms with Gasteiger partial charge < -0.3 is 24.1 Å². The van der Waals surface area contributed by atoms with Crippen molar-refractivity contribution in [1.29, 1.82) is 0 Å². The van der Waals surface area contributed by atoms with Gasteiger partial charge in [0.2, 0.25) is 0 Å². The van der Waals surface area contributed by atoms with Crippen molar-refractivity contribution in [2.45, 2.75) is 45.6 Å². The van der Waals surface area contributed by atoms with Crippen molar-refractivity contribution >= 4 is 0 Å². The van der Waals surface area contributed by atoms with E-state index in [2.05, 4.69) is 6.92 Å². The average molecular weight is 292 g/mol. The van der Waals surface area contributed by atoms with Crippen LogP contribution in [0.3, 0.4) is 0 Å². The third-order valence-corrected chi connectivity index (χ3v) is 2.82. The number of aliphatic hydroxyl groups is 1. The van der Waals surface area contributed by atoms with Gasteiger partial charge in [0.25, 0.3) is 0 Å². The molecule has 20 heavy (non-hydrogen) atoms. The molecule has 0 saturated carbocycles. The molecule has 0 aliphatic heterocycles. The van der Waals surface area contributed by atoms with Gasteiger partial charge in [0.15, 0.2) is 0 Å². The second kappa shape index (κ2) is 13.8. The van der Waals surface area contributed by atoms with Gasteiger partial charge in [-0.3, -0.25) is 0 Å². The first-order chi connectivity index (χ1) is 9.62. The topological polar surface area (TPSA) is 57.2 Å². The van der Waals surface area contributed by atoms with E-state index in [0.717, 1.165) is 19.4 Å². The molecule has 5 heteroatoms. The Morgan fingerprint density at radius 3 is 1.80 bits per heavy atom. The fourth-order valence-corrected chi connectivity index (χ4v) is 1.51. The standard InChI is InChI=1S/C15H32O5/c1-4-5-8-17-9-10-18-11-12-19-13-14-20-15(2,3)6-7-16/h16H,4-14H2,1-3H3. The van der Waals surface area contributed by atoms with Gasteiger partial charge in [-0.25, -0.2) is 0 Å². The van der Waals surface area contributed by atoms with Crippen LogP contribution in [0.1, 0.15) is 40.0 Å². The third kappa shape index (κ3) is 14.2. The Labute approximate surface area is 123 Å². The molecule has 0 aromatic rings. The summed E-state index contributed by atoms with van der Waals surface area (Å²) >= 11 is 0. The predicted molar refractivity (Wildman–Crippen MR) is 79.1 cm³/mol. The van der Waals surface area contributed by atoms with Gasteiger partial charge in [-0.2, -0.15) is 0 Å². The van der Waals surface area contributed by atoms with Gasteiger partial charge in [0.05, 0.1) is 45.2 Å². The monoisotopic (exact) mass is 292 g/mol. The van der Waals surface area contributed by atoms with Gasteiger partial charge in [-0.1, -0.05) is 13.3 Å². The maximum Gasteiger partial charge on any atom is 0.0707 e. The fourth-order valence-electron chi connectivity index (χ4n) is 1.51. The zero-order valence-electron chi connectivity index (χ0n) is 13.4. The number of aliphatic hydroxyl groups excluding tert-OH is 1. The number of hydrogen-bond donors (Lipinski definition) is 1. The van der Waals surface area contributed by atoms with Crippen LogP contribution in [0.5, 0.6) is 0 Å². The highest BCUT2D eigenvalue weighted by Gasteiger charge is 2.16. The molecule has 0 spiro atoms. The fraction of sp³-hybridized carbons (Fsp3) is 1.00. The van der Waals surface area contributed by atoms with E-state index in [1.54, 1.807) is 0 Å². The van der Waals surface area contributed by atoms with Gasteiger partial charge in [0.1, 0.15) is 0 Å². The van der Waals surface area contributed by atoms with Crippen LogP contribution in [-0.2, 0) is 18.9 Å². The van der Waals surface area contributed by atoms with E-state index >= 15 is 0 Å². The van der Waals surface area contributed by atoms with Crippen molar-refractivity contribution in [1.82, 2.24) is 0 Å². The Hall–Kier alpha value is -0.200. The summed E-state index contributed by atoms with van der Waals surface area (Å²) in [6.45, 7) is 10.5. The summed E-state index contributed by atoms with van der Waals surface area (Å²) in [5.41, 5.74) is -0.287. The number of hydrogen-bond acceptors (Lipinski definition) is 5. The van der Waals surface area contributed by atoms with Crippen LogP contribution >= 0.6 is 0 Å². The van der Waals surface area contributed by atoms with Crippen LogP contribution in [0.15, 0.2) is 0 Å². The van der Waals surface area contributed by atoms with Crippen LogP contribution in [0, 0.1) is 0 Å². The van der Waals surface area contributed by atoms with Crippen LogP contribution in [0.25, 0.3) is 0 Å². The lowest BCUT2D eigenvalue weighted by atomic mass is 10.1. The van der Waals surface area contributed by atoms with Crippen LogP contribution in [-0.4, -0.2) is 63.6 Å². The van der Waals surface area contributed by atoms with Crippen molar-refractivity contribution < 1.29 is 24.1 Å². The van der Waals surface area contributed by atoms with Crippen molar-refractivity contribution in [3.05, 3.63) is 0 Å². The molecular weight excluding hydrogens is 260 g/mol. The molecule has 1 N–H and O–H groups in total. The molecule has 0 heterocycles. The summed E-state index contributed by atoms with van der Waals surface area (Å²) in [7, 11) is 0. The molecule has 0 aliphatic rings. The normalized spacial score (nSPS) is 12.0. The molecule has 122 valence electrons. The van der Waals surface area contributed by atoms with Crippen molar-refractivity contribution in [3.8, 4) is 0 Å². The molecule has 0 amide bonds. The quantitative estimate of drug-likeness (QED) is 0.468. The van der Waals surface area contributed by atoms with Gasteiger partial charge in [0, 0.05) is 13.2 Å². The summed E-state index contributed by atoms with van der Waals surface area (Å²) in [5, 5.41) is 8.86. The Morgan fingerprint density at radius 1 is 0.800 bits per heavy atom. The summed E-state index contributed by atoms with van der Waals surface area (Å²) in [6.07, 6.45) is 2.90. The van der Waals surface area contributed by atoms with E-state index in [0.29, 0.717) is 46.1 Å². The average Bonchev–Trinajstić information content (AvgIpc) is 2.40. The third-order valence-electron chi connectivity index (χ3n) is 2.82. The van der Waals surface area contributed by atoms with E-state index in [1.807, 2.05) is 13.8 Å².